The van der Waals surface area contributed by atoms with Gasteiger partial charge in [0.05, 0.1) is 25.2 Å². The lowest BCUT2D eigenvalue weighted by atomic mass is 10.3. The van der Waals surface area contributed by atoms with E-state index in [9.17, 15) is 4.79 Å². The van der Waals surface area contributed by atoms with Gasteiger partial charge in [0.1, 0.15) is 30.5 Å². The lowest BCUT2D eigenvalue weighted by Gasteiger charge is -2.10. The highest BCUT2D eigenvalue weighted by molar-refractivity contribution is 6.32. The van der Waals surface area contributed by atoms with Crippen LogP contribution >= 0.6 is 11.6 Å². The Balaban J connectivity index is 1.54. The van der Waals surface area contributed by atoms with Crippen molar-refractivity contribution in [3.63, 3.8) is 0 Å². The van der Waals surface area contributed by atoms with E-state index in [0.717, 1.165) is 11.5 Å². The van der Waals surface area contributed by atoms with Gasteiger partial charge >= 0.3 is 6.03 Å². The number of hydrogen-bond donors (Lipinski definition) is 2. The number of amides is 2. The number of ether oxygens (including phenoxy) is 3. The first-order chi connectivity index (χ1) is 12.2. The maximum absolute atomic E-state index is 11.6. The highest BCUT2D eigenvalue weighted by atomic mass is 35.5. The highest BCUT2D eigenvalue weighted by Gasteiger charge is 2.02. The van der Waals surface area contributed by atoms with E-state index in [0.29, 0.717) is 37.1 Å². The third kappa shape index (κ3) is 6.81. The Morgan fingerprint density at radius 2 is 1.52 bits per heavy atom. The summed E-state index contributed by atoms with van der Waals surface area (Å²) in [4.78, 5) is 11.6. The molecule has 0 unspecified atom stereocenters. The predicted molar refractivity (Wildman–Crippen MR) is 96.8 cm³/mol. The Kier molecular flexibility index (Phi) is 7.72. The van der Waals surface area contributed by atoms with Gasteiger partial charge < -0.3 is 24.8 Å². The predicted octanol–water partition coefficient (Wildman–Crippen LogP) is 3.11. The Morgan fingerprint density at radius 1 is 0.920 bits per heavy atom. The van der Waals surface area contributed by atoms with Gasteiger partial charge in [-0.1, -0.05) is 23.7 Å². The lowest BCUT2D eigenvalue weighted by molar-refractivity contribution is 0.232. The number of urea groups is 1. The molecule has 0 atom stereocenters. The molecule has 0 aromatic heterocycles. The molecule has 7 heteroatoms. The average Bonchev–Trinajstić information content (AvgIpc) is 2.64. The summed E-state index contributed by atoms with van der Waals surface area (Å²) in [5.41, 5.74) is 0. The van der Waals surface area contributed by atoms with Gasteiger partial charge in [-0.25, -0.2) is 4.79 Å². The zero-order valence-electron chi connectivity index (χ0n) is 14.0. The van der Waals surface area contributed by atoms with Crippen LogP contribution in [0.5, 0.6) is 17.2 Å². The summed E-state index contributed by atoms with van der Waals surface area (Å²) in [5, 5.41) is 5.94. The van der Waals surface area contributed by atoms with Crippen LogP contribution in [0.1, 0.15) is 0 Å². The highest BCUT2D eigenvalue weighted by Crippen LogP contribution is 2.22. The zero-order chi connectivity index (χ0) is 17.9. The van der Waals surface area contributed by atoms with E-state index >= 15 is 0 Å². The monoisotopic (exact) mass is 364 g/mol. The fraction of sp³-hybridized carbons (Fsp3) is 0.278. The Bertz CT molecular complexity index is 664. The zero-order valence-corrected chi connectivity index (χ0v) is 14.7. The van der Waals surface area contributed by atoms with Crippen molar-refractivity contribution in [2.75, 3.05) is 33.4 Å². The molecule has 0 spiro atoms. The number of halogens is 1. The van der Waals surface area contributed by atoms with Crippen LogP contribution in [-0.4, -0.2) is 39.4 Å². The maximum Gasteiger partial charge on any atom is 0.315 e. The molecule has 0 bridgehead atoms. The largest absolute Gasteiger partial charge is 0.497 e. The van der Waals surface area contributed by atoms with Crippen molar-refractivity contribution in [1.29, 1.82) is 0 Å². The third-order valence-corrected chi connectivity index (χ3v) is 3.51. The van der Waals surface area contributed by atoms with Crippen LogP contribution in [0, 0.1) is 0 Å². The van der Waals surface area contributed by atoms with Crippen LogP contribution in [0.2, 0.25) is 5.02 Å². The SMILES string of the molecule is COc1ccc(OCCNC(=O)NCCOc2ccccc2Cl)cc1. The summed E-state index contributed by atoms with van der Waals surface area (Å²) in [7, 11) is 1.61. The fourth-order valence-corrected chi connectivity index (χ4v) is 2.15. The fourth-order valence-electron chi connectivity index (χ4n) is 1.96. The van der Waals surface area contributed by atoms with Gasteiger partial charge in [-0.15, -0.1) is 0 Å². The molecule has 0 saturated carbocycles. The van der Waals surface area contributed by atoms with Crippen molar-refractivity contribution in [3.05, 3.63) is 53.6 Å². The summed E-state index contributed by atoms with van der Waals surface area (Å²) >= 11 is 5.97. The van der Waals surface area contributed by atoms with Crippen LogP contribution in [0.4, 0.5) is 4.79 Å². The number of nitrogens with one attached hydrogen (secondary N) is 2. The molecule has 2 aromatic carbocycles. The Labute approximate surface area is 152 Å². The van der Waals surface area contributed by atoms with E-state index in [-0.39, 0.29) is 6.03 Å². The van der Waals surface area contributed by atoms with Crippen molar-refractivity contribution >= 4 is 17.6 Å². The van der Waals surface area contributed by atoms with Gasteiger partial charge in [-0.05, 0) is 36.4 Å². The van der Waals surface area contributed by atoms with Gasteiger partial charge in [0.15, 0.2) is 0 Å². The van der Waals surface area contributed by atoms with E-state index < -0.39 is 0 Å². The first-order valence-electron chi connectivity index (χ1n) is 7.85. The van der Waals surface area contributed by atoms with Crippen LogP contribution in [-0.2, 0) is 0 Å². The molecule has 2 aromatic rings. The van der Waals surface area contributed by atoms with Gasteiger partial charge in [0, 0.05) is 0 Å². The van der Waals surface area contributed by atoms with Crippen molar-refractivity contribution in [1.82, 2.24) is 10.6 Å². The summed E-state index contributed by atoms with van der Waals surface area (Å²) in [6.07, 6.45) is 0. The standard InChI is InChI=1S/C18H21ClN2O4/c1-23-14-6-8-15(9-7-14)24-12-10-20-18(22)21-11-13-25-17-5-3-2-4-16(17)19/h2-9H,10-13H2,1H3,(H2,20,21,22). The van der Waals surface area contributed by atoms with E-state index in [1.807, 2.05) is 36.4 Å². The van der Waals surface area contributed by atoms with Crippen molar-refractivity contribution in [3.8, 4) is 17.2 Å². The summed E-state index contributed by atoms with van der Waals surface area (Å²) in [6.45, 7) is 1.47. The molecule has 0 heterocycles. The lowest BCUT2D eigenvalue weighted by Crippen LogP contribution is -2.39. The van der Waals surface area contributed by atoms with Crippen molar-refractivity contribution in [2.45, 2.75) is 0 Å². The van der Waals surface area contributed by atoms with Gasteiger partial charge in [0.25, 0.3) is 0 Å². The topological polar surface area (TPSA) is 68.8 Å². The number of methoxy groups -OCH3 is 1. The van der Waals surface area contributed by atoms with Gasteiger partial charge in [0.2, 0.25) is 0 Å². The quantitative estimate of drug-likeness (QED) is 0.671. The molecular weight excluding hydrogens is 344 g/mol. The second kappa shape index (κ2) is 10.3. The van der Waals surface area contributed by atoms with E-state index in [2.05, 4.69) is 10.6 Å². The summed E-state index contributed by atoms with van der Waals surface area (Å²) in [6, 6.07) is 14.2. The number of benzene rings is 2. The van der Waals surface area contributed by atoms with Gasteiger partial charge in [-0.3, -0.25) is 0 Å². The first kappa shape index (κ1) is 18.7. The normalized spacial score (nSPS) is 10.0. The van der Waals surface area contributed by atoms with Crippen molar-refractivity contribution < 1.29 is 19.0 Å². The number of carbonyl (C=O) groups excluding carboxylic acids is 1. The minimum absolute atomic E-state index is 0.277. The molecule has 0 saturated heterocycles. The molecule has 0 aliphatic carbocycles. The Morgan fingerprint density at radius 3 is 2.16 bits per heavy atom. The number of carbonyl (C=O) groups is 1. The molecule has 25 heavy (non-hydrogen) atoms. The average molecular weight is 365 g/mol. The molecule has 0 radical (unpaired) electrons. The minimum Gasteiger partial charge on any atom is -0.497 e. The summed E-state index contributed by atoms with van der Waals surface area (Å²) in [5.74, 6) is 2.08. The van der Waals surface area contributed by atoms with E-state index in [1.54, 1.807) is 19.2 Å². The molecule has 0 fully saturated rings. The molecule has 2 amide bonds. The number of hydrogen-bond acceptors (Lipinski definition) is 4. The minimum atomic E-state index is -0.277. The second-order valence-corrected chi connectivity index (χ2v) is 5.39. The first-order valence-corrected chi connectivity index (χ1v) is 8.22. The number of rotatable bonds is 9. The third-order valence-electron chi connectivity index (χ3n) is 3.20. The van der Waals surface area contributed by atoms with E-state index in [4.69, 9.17) is 25.8 Å². The molecule has 0 aliphatic heterocycles. The molecule has 0 aliphatic rings. The van der Waals surface area contributed by atoms with Crippen LogP contribution < -0.4 is 24.8 Å². The number of para-hydroxylation sites is 1. The molecule has 6 nitrogen and oxygen atoms in total. The molecule has 2 N–H and O–H groups in total. The van der Waals surface area contributed by atoms with Crippen LogP contribution in [0.25, 0.3) is 0 Å². The maximum atomic E-state index is 11.6. The summed E-state index contributed by atoms with van der Waals surface area (Å²) < 4.78 is 16.1. The molecular formula is C18H21ClN2O4. The second-order valence-electron chi connectivity index (χ2n) is 4.99. The van der Waals surface area contributed by atoms with Crippen molar-refractivity contribution in [2.24, 2.45) is 0 Å². The Hall–Kier alpha value is -2.60. The van der Waals surface area contributed by atoms with E-state index in [1.165, 1.54) is 0 Å². The van der Waals surface area contributed by atoms with Gasteiger partial charge in [-0.2, -0.15) is 0 Å². The molecule has 134 valence electrons. The smallest absolute Gasteiger partial charge is 0.315 e. The molecule has 2 rings (SSSR count). The van der Waals surface area contributed by atoms with Crippen LogP contribution in [0.3, 0.4) is 0 Å². The van der Waals surface area contributed by atoms with Crippen LogP contribution in [0.15, 0.2) is 48.5 Å².